The van der Waals surface area contributed by atoms with Crippen LogP contribution in [-0.4, -0.2) is 45.3 Å². The molecule has 196 valence electrons. The molecule has 0 saturated carbocycles. The highest BCUT2D eigenvalue weighted by molar-refractivity contribution is 7.09. The Labute approximate surface area is 213 Å². The first-order valence-electron chi connectivity index (χ1n) is 12.6. The molecular weight excluding hydrogens is 464 g/mol. The average molecular weight is 507 g/mol. The number of ether oxygens (including phenoxy) is 1. The van der Waals surface area contributed by atoms with Crippen LogP contribution in [0.25, 0.3) is 6.08 Å². The van der Waals surface area contributed by atoms with Crippen LogP contribution < -0.4 is 5.73 Å². The van der Waals surface area contributed by atoms with Crippen molar-refractivity contribution in [3.05, 3.63) is 33.8 Å². The number of Topliss-reactive ketones (excluding diaryl/α,β-unsaturated/α-hetero) is 1. The van der Waals surface area contributed by atoms with Crippen molar-refractivity contribution in [3.63, 3.8) is 0 Å². The van der Waals surface area contributed by atoms with Gasteiger partial charge in [-0.25, -0.2) is 4.98 Å². The van der Waals surface area contributed by atoms with E-state index in [0.29, 0.717) is 19.4 Å². The monoisotopic (exact) mass is 506 g/mol. The molecule has 4 N–H and O–H groups in total. The van der Waals surface area contributed by atoms with E-state index < -0.39 is 35.6 Å². The van der Waals surface area contributed by atoms with Crippen LogP contribution in [0.3, 0.4) is 0 Å². The molecule has 1 aliphatic rings. The number of allylic oxidation sites excluding steroid dienone is 1. The van der Waals surface area contributed by atoms with Crippen molar-refractivity contribution in [1.82, 2.24) is 4.98 Å². The highest BCUT2D eigenvalue weighted by atomic mass is 32.1. The number of ketones is 1. The standard InChI is InChI=1S/C27H42N2O5S/c1-6-21-25(32)18(3)9-7-8-17(2)10-12-20(13-11-19-16-35-23(15-28)29-19)34-24(31)14-22(30)27(4,5)26(21)33/h10-11,13,16,18,20-22,25,30,32H,6-9,12,14-15,28H2,1-5H3/b13-11?,17-10-/t18-,20-,21+,22-,25-/m0/s1. The Kier molecular flexibility index (Phi) is 11.3. The first-order valence-corrected chi connectivity index (χ1v) is 13.5. The fraction of sp³-hybridized carbons (Fsp3) is 0.667. The van der Waals surface area contributed by atoms with Crippen LogP contribution in [0.15, 0.2) is 23.1 Å². The summed E-state index contributed by atoms with van der Waals surface area (Å²) < 4.78 is 5.70. The van der Waals surface area contributed by atoms with Gasteiger partial charge >= 0.3 is 5.97 Å². The van der Waals surface area contributed by atoms with Gasteiger partial charge in [-0.15, -0.1) is 11.3 Å². The molecule has 2 heterocycles. The fourth-order valence-corrected chi connectivity index (χ4v) is 5.05. The Hall–Kier alpha value is -1.87. The second-order valence-corrected chi connectivity index (χ2v) is 11.2. The molecule has 1 aliphatic heterocycles. The maximum atomic E-state index is 13.4. The van der Waals surface area contributed by atoms with Gasteiger partial charge in [-0.05, 0) is 50.7 Å². The van der Waals surface area contributed by atoms with Crippen molar-refractivity contribution in [2.24, 2.45) is 23.0 Å². The first-order chi connectivity index (χ1) is 16.5. The maximum absolute atomic E-state index is 13.4. The van der Waals surface area contributed by atoms with Crippen LogP contribution >= 0.6 is 11.3 Å². The minimum Gasteiger partial charge on any atom is -0.458 e. The van der Waals surface area contributed by atoms with Gasteiger partial charge in [0, 0.05) is 24.3 Å². The van der Waals surface area contributed by atoms with Crippen LogP contribution in [0.2, 0.25) is 0 Å². The molecule has 8 heteroatoms. The number of cyclic esters (lactones) is 1. The highest BCUT2D eigenvalue weighted by Crippen LogP contribution is 2.33. The lowest BCUT2D eigenvalue weighted by Crippen LogP contribution is -2.46. The van der Waals surface area contributed by atoms with Gasteiger partial charge in [0.2, 0.25) is 0 Å². The maximum Gasteiger partial charge on any atom is 0.309 e. The lowest BCUT2D eigenvalue weighted by atomic mass is 9.71. The Morgan fingerprint density at radius 2 is 2.03 bits per heavy atom. The van der Waals surface area contributed by atoms with E-state index in [-0.39, 0.29) is 18.1 Å². The number of thiazole rings is 1. The molecule has 5 atom stereocenters. The van der Waals surface area contributed by atoms with Gasteiger partial charge in [-0.3, -0.25) is 9.59 Å². The van der Waals surface area contributed by atoms with Gasteiger partial charge in [-0.1, -0.05) is 39.3 Å². The smallest absolute Gasteiger partial charge is 0.309 e. The molecule has 0 unspecified atom stereocenters. The van der Waals surface area contributed by atoms with Crippen molar-refractivity contribution in [1.29, 1.82) is 0 Å². The summed E-state index contributed by atoms with van der Waals surface area (Å²) in [5, 5.41) is 24.5. The molecule has 0 amide bonds. The van der Waals surface area contributed by atoms with Gasteiger partial charge in [0.05, 0.1) is 29.7 Å². The van der Waals surface area contributed by atoms with Crippen molar-refractivity contribution in [2.75, 3.05) is 0 Å². The molecule has 0 radical (unpaired) electrons. The van der Waals surface area contributed by atoms with Crippen LogP contribution in [0.1, 0.15) is 83.8 Å². The minimum atomic E-state index is -1.22. The number of hydrogen-bond donors (Lipinski definition) is 3. The Morgan fingerprint density at radius 3 is 2.66 bits per heavy atom. The molecule has 1 aromatic heterocycles. The number of carbonyl (C=O) groups is 2. The van der Waals surface area contributed by atoms with Gasteiger partial charge < -0.3 is 20.7 Å². The zero-order valence-electron chi connectivity index (χ0n) is 21.7. The van der Waals surface area contributed by atoms with Gasteiger partial charge in [0.25, 0.3) is 0 Å². The summed E-state index contributed by atoms with van der Waals surface area (Å²) in [4.78, 5) is 30.5. The average Bonchev–Trinajstić information content (AvgIpc) is 3.28. The minimum absolute atomic E-state index is 0.0466. The number of nitrogens with zero attached hydrogens (tertiary/aromatic N) is 1. The molecule has 0 fully saturated rings. The Morgan fingerprint density at radius 1 is 1.31 bits per heavy atom. The first kappa shape index (κ1) is 29.4. The SMILES string of the molecule is CC[C@H]1C(=O)C(C)(C)[C@@H](O)CC(=O)O[C@H](C=Cc2csc(CN)n2)C/C=C(/C)CCC[C@H](C)[C@@H]1O. The predicted octanol–water partition coefficient (Wildman–Crippen LogP) is 4.42. The number of hydrogen-bond acceptors (Lipinski definition) is 8. The summed E-state index contributed by atoms with van der Waals surface area (Å²) in [7, 11) is 0. The van der Waals surface area contributed by atoms with E-state index in [1.54, 1.807) is 19.9 Å². The third-order valence-corrected chi connectivity index (χ3v) is 7.93. The fourth-order valence-electron chi connectivity index (χ4n) is 4.41. The topological polar surface area (TPSA) is 123 Å². The lowest BCUT2D eigenvalue weighted by Gasteiger charge is -2.35. The molecule has 0 aliphatic carbocycles. The summed E-state index contributed by atoms with van der Waals surface area (Å²) in [6, 6.07) is 0. The third kappa shape index (κ3) is 8.34. The molecular formula is C27H42N2O5S. The zero-order valence-corrected chi connectivity index (χ0v) is 22.5. The highest BCUT2D eigenvalue weighted by Gasteiger charge is 2.43. The largest absolute Gasteiger partial charge is 0.458 e. The van der Waals surface area contributed by atoms with Gasteiger partial charge in [0.1, 0.15) is 16.9 Å². The number of aromatic nitrogens is 1. The van der Waals surface area contributed by atoms with Crippen molar-refractivity contribution < 1.29 is 24.5 Å². The van der Waals surface area contributed by atoms with Crippen LogP contribution in [0.4, 0.5) is 0 Å². The predicted molar refractivity (Wildman–Crippen MR) is 140 cm³/mol. The Balaban J connectivity index is 2.29. The van der Waals surface area contributed by atoms with Crippen molar-refractivity contribution in [2.45, 2.75) is 98.0 Å². The molecule has 0 saturated heterocycles. The second kappa shape index (κ2) is 13.4. The summed E-state index contributed by atoms with van der Waals surface area (Å²) in [6.45, 7) is 9.54. The number of carbonyl (C=O) groups excluding carboxylic acids is 2. The normalized spacial score (nSPS) is 31.2. The third-order valence-electron chi connectivity index (χ3n) is 7.04. The number of aliphatic hydroxyl groups excluding tert-OH is 2. The molecule has 0 spiro atoms. The van der Waals surface area contributed by atoms with E-state index in [9.17, 15) is 19.8 Å². The second-order valence-electron chi connectivity index (χ2n) is 10.2. The van der Waals surface area contributed by atoms with Crippen LogP contribution in [-0.2, 0) is 20.9 Å². The summed E-state index contributed by atoms with van der Waals surface area (Å²) in [5.74, 6) is -1.44. The van der Waals surface area contributed by atoms with Crippen molar-refractivity contribution in [3.8, 4) is 0 Å². The number of aliphatic hydroxyl groups is 2. The number of esters is 1. The van der Waals surface area contributed by atoms with Gasteiger partial charge in [-0.2, -0.15) is 0 Å². The molecule has 2 rings (SSSR count). The molecule has 1 aromatic rings. The van der Waals surface area contributed by atoms with Crippen molar-refractivity contribution >= 4 is 29.2 Å². The van der Waals surface area contributed by atoms with E-state index in [0.717, 1.165) is 30.0 Å². The van der Waals surface area contributed by atoms with E-state index in [1.165, 1.54) is 16.9 Å². The molecule has 7 nitrogen and oxygen atoms in total. The van der Waals surface area contributed by atoms with E-state index in [4.69, 9.17) is 10.5 Å². The Bertz CT molecular complexity index is 907. The summed E-state index contributed by atoms with van der Waals surface area (Å²) in [5.41, 5.74) is 6.38. The van der Waals surface area contributed by atoms with Crippen LogP contribution in [0.5, 0.6) is 0 Å². The quantitative estimate of drug-likeness (QED) is 0.408. The zero-order chi connectivity index (χ0) is 26.2. The van der Waals surface area contributed by atoms with E-state index in [1.807, 2.05) is 32.2 Å². The lowest BCUT2D eigenvalue weighted by molar-refractivity contribution is -0.154. The molecule has 0 aromatic carbocycles. The summed E-state index contributed by atoms with van der Waals surface area (Å²) in [6.07, 6.45) is 6.36. The van der Waals surface area contributed by atoms with Gasteiger partial charge in [0.15, 0.2) is 0 Å². The molecule has 35 heavy (non-hydrogen) atoms. The van der Waals surface area contributed by atoms with E-state index in [2.05, 4.69) is 11.1 Å². The van der Waals surface area contributed by atoms with E-state index >= 15 is 0 Å². The number of nitrogens with two attached hydrogens (primary N) is 1. The summed E-state index contributed by atoms with van der Waals surface area (Å²) >= 11 is 1.48. The number of rotatable bonds is 4. The molecule has 0 bridgehead atoms. The van der Waals surface area contributed by atoms with Crippen LogP contribution in [0, 0.1) is 17.3 Å².